The van der Waals surface area contributed by atoms with Crippen LogP contribution in [0.5, 0.6) is 0 Å². The van der Waals surface area contributed by atoms with Crippen LogP contribution in [0.25, 0.3) is 10.2 Å². The number of rotatable bonds is 2. The molecule has 3 rings (SSSR count). The van der Waals surface area contributed by atoms with Crippen LogP contribution in [0.3, 0.4) is 0 Å². The Morgan fingerprint density at radius 1 is 1.36 bits per heavy atom. The number of hydrogen-bond acceptors (Lipinski definition) is 6. The molecule has 1 saturated heterocycles. The molecule has 2 aromatic heterocycles. The van der Waals surface area contributed by atoms with Gasteiger partial charge in [0.05, 0.1) is 24.5 Å². The van der Waals surface area contributed by atoms with Gasteiger partial charge in [0.15, 0.2) is 0 Å². The molecule has 0 aliphatic carbocycles. The number of nitrogen functional groups attached to an aromatic ring is 1. The van der Waals surface area contributed by atoms with Crippen molar-refractivity contribution in [2.75, 3.05) is 32.0 Å². The quantitative estimate of drug-likeness (QED) is 0.848. The van der Waals surface area contributed by atoms with E-state index in [1.54, 1.807) is 17.9 Å². The normalized spacial score (nSPS) is 15.2. The Kier molecular flexibility index (Phi) is 3.71. The highest BCUT2D eigenvalue weighted by molar-refractivity contribution is 7.21. The van der Waals surface area contributed by atoms with Crippen LogP contribution >= 0.6 is 11.3 Å². The van der Waals surface area contributed by atoms with E-state index < -0.39 is 5.91 Å². The molecule has 0 saturated carbocycles. The molecule has 2 amide bonds. The van der Waals surface area contributed by atoms with Gasteiger partial charge in [-0.1, -0.05) is 0 Å². The molecule has 7 nitrogen and oxygen atoms in total. The SMILES string of the molecule is Cc1cc(C(=O)N2CCOCC2)c2c(N)c(C(N)=O)sc2n1. The standard InChI is InChI=1S/C14H16N4O3S/c1-7-6-8(14(20)18-2-4-21-5-3-18)9-10(15)11(12(16)19)22-13(9)17-7/h6H,2-5,15H2,1H3,(H2,16,19). The predicted molar refractivity (Wildman–Crippen MR) is 84.0 cm³/mol. The fourth-order valence-corrected chi connectivity index (χ4v) is 3.55. The molecule has 8 heteroatoms. The molecule has 0 radical (unpaired) electrons. The lowest BCUT2D eigenvalue weighted by Gasteiger charge is -2.27. The predicted octanol–water partition coefficient (Wildman–Crippen LogP) is 0.758. The van der Waals surface area contributed by atoms with Gasteiger partial charge in [0.2, 0.25) is 0 Å². The third-order valence-corrected chi connectivity index (χ3v) is 4.69. The number of nitrogens with two attached hydrogens (primary N) is 2. The Morgan fingerprint density at radius 3 is 2.68 bits per heavy atom. The van der Waals surface area contributed by atoms with Crippen LogP contribution in [0.15, 0.2) is 6.07 Å². The number of nitrogens with zero attached hydrogens (tertiary/aromatic N) is 2. The van der Waals surface area contributed by atoms with Gasteiger partial charge in [-0.15, -0.1) is 11.3 Å². The van der Waals surface area contributed by atoms with Crippen molar-refractivity contribution in [1.82, 2.24) is 9.88 Å². The van der Waals surface area contributed by atoms with Crippen molar-refractivity contribution in [1.29, 1.82) is 0 Å². The number of anilines is 1. The lowest BCUT2D eigenvalue weighted by Crippen LogP contribution is -2.40. The minimum atomic E-state index is -0.608. The first-order chi connectivity index (χ1) is 10.5. The van der Waals surface area contributed by atoms with Crippen LogP contribution in [0.4, 0.5) is 5.69 Å². The topological polar surface area (TPSA) is 112 Å². The summed E-state index contributed by atoms with van der Waals surface area (Å²) in [6.07, 6.45) is 0. The second kappa shape index (κ2) is 5.54. The van der Waals surface area contributed by atoms with E-state index in [1.807, 2.05) is 0 Å². The second-order valence-electron chi connectivity index (χ2n) is 5.11. The van der Waals surface area contributed by atoms with Crippen LogP contribution in [-0.4, -0.2) is 48.0 Å². The average molecular weight is 320 g/mol. The van der Waals surface area contributed by atoms with Crippen molar-refractivity contribution >= 4 is 39.1 Å². The number of pyridine rings is 1. The minimum absolute atomic E-state index is 0.126. The summed E-state index contributed by atoms with van der Waals surface area (Å²) in [6, 6.07) is 1.70. The van der Waals surface area contributed by atoms with Gasteiger partial charge in [0.1, 0.15) is 9.71 Å². The second-order valence-corrected chi connectivity index (χ2v) is 6.10. The number of morpholine rings is 1. The van der Waals surface area contributed by atoms with Crippen LogP contribution in [-0.2, 0) is 4.74 Å². The molecule has 0 bridgehead atoms. The number of ether oxygens (including phenoxy) is 1. The Bertz CT molecular complexity index is 765. The molecule has 0 unspecified atom stereocenters. The van der Waals surface area contributed by atoms with Gasteiger partial charge in [-0.25, -0.2) is 4.98 Å². The first kappa shape index (κ1) is 14.7. The summed E-state index contributed by atoms with van der Waals surface area (Å²) in [6.45, 7) is 3.91. The molecular weight excluding hydrogens is 304 g/mol. The highest BCUT2D eigenvalue weighted by atomic mass is 32.1. The van der Waals surface area contributed by atoms with Gasteiger partial charge in [-0.3, -0.25) is 9.59 Å². The maximum atomic E-state index is 12.8. The molecule has 3 heterocycles. The van der Waals surface area contributed by atoms with Crippen LogP contribution in [0.2, 0.25) is 0 Å². The van der Waals surface area contributed by atoms with Gasteiger partial charge >= 0.3 is 0 Å². The average Bonchev–Trinajstić information content (AvgIpc) is 2.83. The molecule has 2 aromatic rings. The molecule has 0 spiro atoms. The van der Waals surface area contributed by atoms with E-state index in [1.165, 1.54) is 0 Å². The summed E-state index contributed by atoms with van der Waals surface area (Å²) >= 11 is 1.12. The zero-order valence-electron chi connectivity index (χ0n) is 12.1. The third kappa shape index (κ3) is 2.40. The summed E-state index contributed by atoms with van der Waals surface area (Å²) in [5.41, 5.74) is 12.8. The fourth-order valence-electron chi connectivity index (χ4n) is 2.53. The number of fused-ring (bicyclic) bond motifs is 1. The van der Waals surface area contributed by atoms with E-state index in [-0.39, 0.29) is 16.5 Å². The molecular formula is C14H16N4O3S. The number of carbonyl (C=O) groups is 2. The van der Waals surface area contributed by atoms with Gasteiger partial charge < -0.3 is 21.1 Å². The van der Waals surface area contributed by atoms with Gasteiger partial charge in [-0.2, -0.15) is 0 Å². The molecule has 4 N–H and O–H groups in total. The van der Waals surface area contributed by atoms with Crippen molar-refractivity contribution in [3.63, 3.8) is 0 Å². The Balaban J connectivity index is 2.15. The van der Waals surface area contributed by atoms with Gasteiger partial charge in [0.25, 0.3) is 11.8 Å². The summed E-state index contributed by atoms with van der Waals surface area (Å²) < 4.78 is 5.27. The number of hydrogen-bond donors (Lipinski definition) is 2. The number of thiophene rings is 1. The van der Waals surface area contributed by atoms with Crippen molar-refractivity contribution in [3.8, 4) is 0 Å². The van der Waals surface area contributed by atoms with E-state index in [4.69, 9.17) is 16.2 Å². The van der Waals surface area contributed by atoms with E-state index >= 15 is 0 Å². The fraction of sp³-hybridized carbons (Fsp3) is 0.357. The van der Waals surface area contributed by atoms with E-state index in [9.17, 15) is 9.59 Å². The Labute approximate surface area is 130 Å². The highest BCUT2D eigenvalue weighted by Crippen LogP contribution is 2.35. The largest absolute Gasteiger partial charge is 0.397 e. The zero-order chi connectivity index (χ0) is 15.9. The first-order valence-corrected chi connectivity index (χ1v) is 7.67. The number of primary amides is 1. The van der Waals surface area contributed by atoms with Crippen LogP contribution in [0, 0.1) is 6.92 Å². The number of carbonyl (C=O) groups excluding carboxylic acids is 2. The van der Waals surface area contributed by atoms with Crippen molar-refractivity contribution < 1.29 is 14.3 Å². The molecule has 116 valence electrons. The smallest absolute Gasteiger partial charge is 0.260 e. The summed E-state index contributed by atoms with van der Waals surface area (Å²) in [7, 11) is 0. The molecule has 0 atom stereocenters. The Hall–Kier alpha value is -2.19. The maximum Gasteiger partial charge on any atom is 0.260 e. The number of amides is 2. The van der Waals surface area contributed by atoms with Crippen LogP contribution < -0.4 is 11.5 Å². The lowest BCUT2D eigenvalue weighted by atomic mass is 10.1. The van der Waals surface area contributed by atoms with Crippen molar-refractivity contribution in [2.24, 2.45) is 5.73 Å². The molecule has 1 fully saturated rings. The summed E-state index contributed by atoms with van der Waals surface area (Å²) in [4.78, 5) is 31.1. The molecule has 22 heavy (non-hydrogen) atoms. The number of aryl methyl sites for hydroxylation is 1. The molecule has 1 aliphatic rings. The zero-order valence-corrected chi connectivity index (χ0v) is 12.9. The monoisotopic (exact) mass is 320 g/mol. The molecule has 0 aromatic carbocycles. The van der Waals surface area contributed by atoms with Gasteiger partial charge in [-0.05, 0) is 13.0 Å². The Morgan fingerprint density at radius 2 is 2.05 bits per heavy atom. The first-order valence-electron chi connectivity index (χ1n) is 6.85. The summed E-state index contributed by atoms with van der Waals surface area (Å²) in [5, 5.41) is 0.515. The van der Waals surface area contributed by atoms with Crippen molar-refractivity contribution in [2.45, 2.75) is 6.92 Å². The summed E-state index contributed by atoms with van der Waals surface area (Å²) in [5.74, 6) is -0.734. The van der Waals surface area contributed by atoms with Crippen molar-refractivity contribution in [3.05, 3.63) is 22.2 Å². The van der Waals surface area contributed by atoms with E-state index in [0.29, 0.717) is 47.8 Å². The van der Waals surface area contributed by atoms with Crippen LogP contribution in [0.1, 0.15) is 25.7 Å². The minimum Gasteiger partial charge on any atom is -0.397 e. The van der Waals surface area contributed by atoms with Gasteiger partial charge in [0, 0.05) is 24.2 Å². The van der Waals surface area contributed by atoms with E-state index in [0.717, 1.165) is 11.3 Å². The lowest BCUT2D eigenvalue weighted by molar-refractivity contribution is 0.0304. The third-order valence-electron chi connectivity index (χ3n) is 3.58. The number of aromatic nitrogens is 1. The highest BCUT2D eigenvalue weighted by Gasteiger charge is 2.25. The molecule has 1 aliphatic heterocycles. The van der Waals surface area contributed by atoms with E-state index in [2.05, 4.69) is 4.98 Å². The maximum absolute atomic E-state index is 12.8.